The van der Waals surface area contributed by atoms with Crippen molar-refractivity contribution in [1.82, 2.24) is 4.98 Å². The van der Waals surface area contributed by atoms with Gasteiger partial charge < -0.3 is 0 Å². The molecule has 132 valence electrons. The molecular weight excluding hydrogens is 372 g/mol. The molecule has 0 spiro atoms. The summed E-state index contributed by atoms with van der Waals surface area (Å²) in [5.41, 5.74) is 7.74. The molecule has 0 bridgehead atoms. The summed E-state index contributed by atoms with van der Waals surface area (Å²) in [5, 5.41) is 4.05. The second-order valence-corrected chi connectivity index (χ2v) is 8.11. The van der Waals surface area contributed by atoms with Crippen LogP contribution in [0.2, 0.25) is 5.02 Å². The van der Waals surface area contributed by atoms with Gasteiger partial charge >= 0.3 is 0 Å². The molecule has 27 heavy (non-hydrogen) atoms. The smallest absolute Gasteiger partial charge is 0.0906 e. The van der Waals surface area contributed by atoms with Crippen LogP contribution in [0.4, 0.5) is 0 Å². The molecule has 0 aliphatic carbocycles. The van der Waals surface area contributed by atoms with Crippen LogP contribution in [0.3, 0.4) is 0 Å². The molecule has 0 atom stereocenters. The lowest BCUT2D eigenvalue weighted by Gasteiger charge is -2.22. The minimum atomic E-state index is 0.764. The molecule has 0 amide bonds. The average Bonchev–Trinajstić information content (AvgIpc) is 3.23. The van der Waals surface area contributed by atoms with Gasteiger partial charge in [-0.2, -0.15) is 0 Å². The van der Waals surface area contributed by atoms with Gasteiger partial charge in [-0.05, 0) is 48.1 Å². The van der Waals surface area contributed by atoms with Crippen molar-refractivity contribution in [1.29, 1.82) is 0 Å². The zero-order valence-corrected chi connectivity index (χ0v) is 16.4. The largest absolute Gasteiger partial charge is 0.284 e. The first-order valence-corrected chi connectivity index (χ1v) is 10.2. The molecule has 1 aliphatic heterocycles. The lowest BCUT2D eigenvalue weighted by molar-refractivity contribution is 0.950. The first-order valence-electron chi connectivity index (χ1n) is 8.99. The van der Waals surface area contributed by atoms with E-state index in [-0.39, 0.29) is 0 Å². The van der Waals surface area contributed by atoms with Gasteiger partial charge in [0.15, 0.2) is 0 Å². The monoisotopic (exact) mass is 388 g/mol. The molecule has 2 aromatic carbocycles. The minimum absolute atomic E-state index is 0.764. The lowest BCUT2D eigenvalue weighted by Crippen LogP contribution is -2.17. The van der Waals surface area contributed by atoms with Crippen molar-refractivity contribution < 1.29 is 0 Å². The maximum Gasteiger partial charge on any atom is 0.0906 e. The Morgan fingerprint density at radius 2 is 1.89 bits per heavy atom. The van der Waals surface area contributed by atoms with E-state index in [0.29, 0.717) is 0 Å². The summed E-state index contributed by atoms with van der Waals surface area (Å²) in [6.07, 6.45) is 0.921. The van der Waals surface area contributed by atoms with Crippen molar-refractivity contribution in [3.8, 4) is 10.6 Å². The number of halogens is 1. The number of hydrogen-bond donors (Lipinski definition) is 0. The van der Waals surface area contributed by atoms with Gasteiger partial charge in [-0.15, -0.1) is 11.3 Å². The predicted octanol–water partition coefficient (Wildman–Crippen LogP) is 6.32. The Bertz CT molecular complexity index is 1180. The van der Waals surface area contributed by atoms with Gasteiger partial charge in [0.25, 0.3) is 0 Å². The molecule has 4 heteroatoms. The molecular formula is C23H17ClN2S. The highest BCUT2D eigenvalue weighted by Crippen LogP contribution is 2.37. The Labute approximate surface area is 167 Å². The number of pyridine rings is 1. The number of aliphatic imine (C=N–C) groups is 1. The number of rotatable bonds is 2. The van der Waals surface area contributed by atoms with E-state index >= 15 is 0 Å². The van der Waals surface area contributed by atoms with Crippen molar-refractivity contribution in [2.75, 3.05) is 6.54 Å². The first kappa shape index (κ1) is 16.7. The van der Waals surface area contributed by atoms with Gasteiger partial charge in [-0.1, -0.05) is 48.0 Å². The van der Waals surface area contributed by atoms with Crippen LogP contribution in [0.1, 0.15) is 22.3 Å². The first-order chi connectivity index (χ1) is 13.2. The maximum absolute atomic E-state index is 6.41. The molecule has 2 nitrogen and oxygen atoms in total. The van der Waals surface area contributed by atoms with E-state index in [1.165, 1.54) is 16.5 Å². The number of fused-ring (bicyclic) bond motifs is 3. The molecule has 4 aromatic rings. The Morgan fingerprint density at radius 3 is 2.67 bits per heavy atom. The van der Waals surface area contributed by atoms with Crippen molar-refractivity contribution in [3.63, 3.8) is 0 Å². The molecule has 0 saturated carbocycles. The summed E-state index contributed by atoms with van der Waals surface area (Å²) in [7, 11) is 0. The number of thiophene rings is 1. The Morgan fingerprint density at radius 1 is 1.04 bits per heavy atom. The summed E-state index contributed by atoms with van der Waals surface area (Å²) in [6.45, 7) is 2.85. The van der Waals surface area contributed by atoms with Crippen LogP contribution in [0.15, 0.2) is 65.0 Å². The van der Waals surface area contributed by atoms with Crippen LogP contribution in [-0.2, 0) is 6.42 Å². The highest BCUT2D eigenvalue weighted by molar-refractivity contribution is 7.13. The van der Waals surface area contributed by atoms with Crippen LogP contribution in [0, 0.1) is 6.92 Å². The zero-order chi connectivity index (χ0) is 18.4. The zero-order valence-electron chi connectivity index (χ0n) is 14.9. The summed E-state index contributed by atoms with van der Waals surface area (Å²) in [5.74, 6) is 0. The summed E-state index contributed by atoms with van der Waals surface area (Å²) >= 11 is 8.12. The fraction of sp³-hybridized carbons (Fsp3) is 0.130. The minimum Gasteiger partial charge on any atom is -0.284 e. The van der Waals surface area contributed by atoms with Crippen LogP contribution in [0.25, 0.3) is 21.5 Å². The van der Waals surface area contributed by atoms with Gasteiger partial charge in [-0.3, -0.25) is 4.99 Å². The van der Waals surface area contributed by atoms with Gasteiger partial charge in [-0.25, -0.2) is 4.98 Å². The lowest BCUT2D eigenvalue weighted by atomic mass is 9.88. The van der Waals surface area contributed by atoms with Gasteiger partial charge in [0.2, 0.25) is 0 Å². The van der Waals surface area contributed by atoms with Crippen molar-refractivity contribution in [3.05, 3.63) is 87.3 Å². The van der Waals surface area contributed by atoms with E-state index in [4.69, 9.17) is 21.6 Å². The quantitative estimate of drug-likeness (QED) is 0.394. The fourth-order valence-electron chi connectivity index (χ4n) is 3.76. The number of aromatic nitrogens is 1. The van der Waals surface area contributed by atoms with E-state index in [9.17, 15) is 0 Å². The molecule has 5 rings (SSSR count). The third-order valence-corrected chi connectivity index (χ3v) is 6.33. The third kappa shape index (κ3) is 2.78. The molecule has 0 radical (unpaired) electrons. The normalized spacial score (nSPS) is 13.5. The Kier molecular flexibility index (Phi) is 4.07. The molecule has 0 N–H and O–H groups in total. The summed E-state index contributed by atoms with van der Waals surface area (Å²) < 4.78 is 0. The molecule has 0 fully saturated rings. The van der Waals surface area contributed by atoms with E-state index in [0.717, 1.165) is 50.9 Å². The standard InChI is InChI=1S/C23H17ClN2S/c1-14-12-17-16-9-10-25-22(15-6-3-2-4-7-15)21(16)23(20-8-5-11-27-20)26-19(17)13-18(14)24/h2-8,11-13H,9-10H2,1H3. The van der Waals surface area contributed by atoms with Gasteiger partial charge in [0.1, 0.15) is 0 Å². The van der Waals surface area contributed by atoms with Gasteiger partial charge in [0, 0.05) is 28.1 Å². The third-order valence-electron chi connectivity index (χ3n) is 5.04. The van der Waals surface area contributed by atoms with Crippen molar-refractivity contribution in [2.24, 2.45) is 4.99 Å². The average molecular weight is 389 g/mol. The predicted molar refractivity (Wildman–Crippen MR) is 115 cm³/mol. The molecule has 1 aliphatic rings. The number of nitrogens with zero attached hydrogens (tertiary/aromatic N) is 2. The topological polar surface area (TPSA) is 25.2 Å². The van der Waals surface area contributed by atoms with Crippen LogP contribution >= 0.6 is 22.9 Å². The molecule has 3 heterocycles. The second-order valence-electron chi connectivity index (χ2n) is 6.76. The van der Waals surface area contributed by atoms with Crippen molar-refractivity contribution >= 4 is 39.6 Å². The van der Waals surface area contributed by atoms with E-state index in [2.05, 4.69) is 54.8 Å². The van der Waals surface area contributed by atoms with E-state index < -0.39 is 0 Å². The highest BCUT2D eigenvalue weighted by atomic mass is 35.5. The van der Waals surface area contributed by atoms with Crippen molar-refractivity contribution in [2.45, 2.75) is 13.3 Å². The number of benzene rings is 2. The van der Waals surface area contributed by atoms with Crippen LogP contribution in [0.5, 0.6) is 0 Å². The highest BCUT2D eigenvalue weighted by Gasteiger charge is 2.25. The maximum atomic E-state index is 6.41. The second kappa shape index (κ2) is 6.59. The molecule has 0 saturated heterocycles. The van der Waals surface area contributed by atoms with E-state index in [1.807, 2.05) is 12.1 Å². The van der Waals surface area contributed by atoms with Crippen LogP contribution < -0.4 is 0 Å². The number of hydrogen-bond acceptors (Lipinski definition) is 3. The molecule has 2 aromatic heterocycles. The van der Waals surface area contributed by atoms with Gasteiger partial charge in [0.05, 0.1) is 21.8 Å². The Hall–Kier alpha value is -2.49. The fourth-order valence-corrected chi connectivity index (χ4v) is 4.63. The molecule has 0 unspecified atom stereocenters. The summed E-state index contributed by atoms with van der Waals surface area (Å²) in [6, 6.07) is 18.8. The van der Waals surface area contributed by atoms with E-state index in [1.54, 1.807) is 11.3 Å². The Balaban J connectivity index is 1.88. The number of aryl methyl sites for hydroxylation is 1. The summed E-state index contributed by atoms with van der Waals surface area (Å²) in [4.78, 5) is 11.1. The van der Waals surface area contributed by atoms with Crippen LogP contribution in [-0.4, -0.2) is 17.2 Å². The SMILES string of the molecule is Cc1cc2c3c(c(-c4cccs4)nc2cc1Cl)C(c1ccccc1)=NCC3.